The van der Waals surface area contributed by atoms with Crippen molar-refractivity contribution in [2.45, 2.75) is 6.92 Å². The lowest BCUT2D eigenvalue weighted by atomic mass is 10.2. The summed E-state index contributed by atoms with van der Waals surface area (Å²) in [5.41, 5.74) is 0.525. The van der Waals surface area contributed by atoms with E-state index in [1.165, 1.54) is 31.2 Å². The topological polar surface area (TPSA) is 46.5 Å². The maximum absolute atomic E-state index is 10.6. The predicted octanol–water partition coefficient (Wildman–Crippen LogP) is 0.669. The quantitative estimate of drug-likeness (QED) is 0.291. The van der Waals surface area contributed by atoms with Gasteiger partial charge in [-0.25, -0.2) is 4.99 Å². The van der Waals surface area contributed by atoms with E-state index in [-0.39, 0.29) is 11.7 Å². The lowest BCUT2D eigenvalue weighted by Gasteiger charge is -1.95. The number of carbonyl (C=O) groups is 2. The number of aliphatic imine (C=N–C) groups is 1. The summed E-state index contributed by atoms with van der Waals surface area (Å²) >= 11 is 0. The van der Waals surface area contributed by atoms with E-state index < -0.39 is 0 Å². The summed E-state index contributed by atoms with van der Waals surface area (Å²) in [6.07, 6.45) is 5.79. The van der Waals surface area contributed by atoms with Gasteiger partial charge >= 0.3 is 0 Å². The number of hydrogen-bond donors (Lipinski definition) is 0. The summed E-state index contributed by atoms with van der Waals surface area (Å²) in [6.45, 7) is 1.37. The molecule has 3 heteroatoms. The minimum atomic E-state index is -0.261. The average Bonchev–Trinajstić information content (AvgIpc) is 1.93. The molecule has 0 bridgehead atoms. The Balaban J connectivity index is 2.80. The predicted molar refractivity (Wildman–Crippen MR) is 41.4 cm³/mol. The molecule has 1 aliphatic rings. The van der Waals surface area contributed by atoms with Crippen LogP contribution in [0.2, 0.25) is 0 Å². The van der Waals surface area contributed by atoms with Gasteiger partial charge in [0.05, 0.1) is 5.71 Å². The summed E-state index contributed by atoms with van der Waals surface area (Å²) in [5.74, 6) is -0.337. The Bertz CT molecular complexity index is 266. The zero-order valence-corrected chi connectivity index (χ0v) is 6.07. The molecule has 0 saturated heterocycles. The van der Waals surface area contributed by atoms with Crippen molar-refractivity contribution >= 4 is 17.4 Å². The Morgan fingerprint density at radius 2 is 1.82 bits per heavy atom. The van der Waals surface area contributed by atoms with Gasteiger partial charge < -0.3 is 0 Å². The second kappa shape index (κ2) is 3.05. The first kappa shape index (κ1) is 7.60. The molecule has 3 nitrogen and oxygen atoms in total. The van der Waals surface area contributed by atoms with Crippen molar-refractivity contribution in [2.24, 2.45) is 4.99 Å². The van der Waals surface area contributed by atoms with Crippen molar-refractivity contribution < 1.29 is 9.59 Å². The van der Waals surface area contributed by atoms with Crippen LogP contribution < -0.4 is 0 Å². The van der Waals surface area contributed by atoms with Gasteiger partial charge in [0.15, 0.2) is 5.78 Å². The van der Waals surface area contributed by atoms with Crippen LogP contribution in [0.3, 0.4) is 0 Å². The zero-order valence-electron chi connectivity index (χ0n) is 6.07. The van der Waals surface area contributed by atoms with E-state index in [0.717, 1.165) is 0 Å². The highest BCUT2D eigenvalue weighted by Crippen LogP contribution is 1.95. The SMILES string of the molecule is [13CH3][13C](=O)[15N]=C1C=CC(=O)C=C1. The van der Waals surface area contributed by atoms with Gasteiger partial charge in [0.25, 0.3) is 0 Å². The van der Waals surface area contributed by atoms with Crippen molar-refractivity contribution in [3.8, 4) is 0 Å². The summed E-state index contributed by atoms with van der Waals surface area (Å²) in [4.78, 5) is 24.7. The highest BCUT2D eigenvalue weighted by molar-refractivity contribution is 6.18. The third-order valence-electron chi connectivity index (χ3n) is 1.12. The Hall–Kier alpha value is -1.51. The molecule has 0 aromatic heterocycles. The molecule has 0 aliphatic heterocycles. The van der Waals surface area contributed by atoms with Gasteiger partial charge in [0.1, 0.15) is 0 Å². The Kier molecular flexibility index (Phi) is 2.11. The molecule has 0 fully saturated rings. The van der Waals surface area contributed by atoms with Gasteiger partial charge in [-0.1, -0.05) is 0 Å². The minimum absolute atomic E-state index is 0.0764. The van der Waals surface area contributed by atoms with E-state index in [0.29, 0.717) is 5.71 Å². The maximum atomic E-state index is 10.6. The van der Waals surface area contributed by atoms with Crippen LogP contribution in [-0.4, -0.2) is 17.4 Å². The van der Waals surface area contributed by atoms with E-state index in [1.807, 2.05) is 0 Å². The molecule has 11 heavy (non-hydrogen) atoms. The van der Waals surface area contributed by atoms with Crippen molar-refractivity contribution in [3.05, 3.63) is 24.3 Å². The fraction of sp³-hybridized carbons (Fsp3) is 0.125. The van der Waals surface area contributed by atoms with Crippen LogP contribution in [0, 0.1) is 0 Å². The highest BCUT2D eigenvalue weighted by atomic mass is 16.2. The number of ketones is 1. The Labute approximate surface area is 64.1 Å². The molecule has 1 aliphatic carbocycles. The standard InChI is InChI=1S/C8H7NO2/c1-6(10)9-7-2-4-8(11)5-3-7/h2-5H,1H3/i1+1,6+1,9+1. The van der Waals surface area contributed by atoms with E-state index in [4.69, 9.17) is 0 Å². The lowest BCUT2D eigenvalue weighted by molar-refractivity contribution is -0.115. The van der Waals surface area contributed by atoms with Crippen molar-refractivity contribution in [1.29, 1.82) is 0 Å². The van der Waals surface area contributed by atoms with E-state index >= 15 is 0 Å². The first-order valence-corrected chi connectivity index (χ1v) is 3.18. The molecular weight excluding hydrogens is 145 g/mol. The summed E-state index contributed by atoms with van der Waals surface area (Å²) < 4.78 is 0. The second-order valence-corrected chi connectivity index (χ2v) is 2.12. The van der Waals surface area contributed by atoms with Crippen molar-refractivity contribution in [1.82, 2.24) is 0 Å². The number of amides is 1. The molecule has 0 unspecified atom stereocenters. The van der Waals surface area contributed by atoms with Crippen LogP contribution in [0.4, 0.5) is 0 Å². The van der Waals surface area contributed by atoms with Crippen LogP contribution in [0.1, 0.15) is 6.92 Å². The molecule has 0 aromatic carbocycles. The maximum Gasteiger partial charge on any atom is 0.243 e. The number of nitrogens with zero attached hydrogens (tertiary/aromatic N) is 1. The third kappa shape index (κ3) is 2.29. The van der Waals surface area contributed by atoms with Gasteiger partial charge in [0.2, 0.25) is 5.91 Å². The summed E-state index contributed by atoms with van der Waals surface area (Å²) in [6, 6.07) is 0. The number of rotatable bonds is 0. The number of hydrogen-bond acceptors (Lipinski definition) is 2. The van der Waals surface area contributed by atoms with Gasteiger partial charge in [-0.2, -0.15) is 0 Å². The molecule has 56 valence electrons. The average molecular weight is 152 g/mol. The first-order valence-electron chi connectivity index (χ1n) is 3.18. The molecule has 0 atom stereocenters. The largest absolute Gasteiger partial charge is 0.290 e. The second-order valence-electron chi connectivity index (χ2n) is 2.12. The van der Waals surface area contributed by atoms with Gasteiger partial charge in [0, 0.05) is 6.92 Å². The normalized spacial score (nSPS) is 15.4. The molecule has 0 saturated carbocycles. The van der Waals surface area contributed by atoms with Crippen LogP contribution in [0.15, 0.2) is 29.3 Å². The monoisotopic (exact) mass is 152 g/mol. The molecule has 0 aromatic rings. The van der Waals surface area contributed by atoms with Gasteiger partial charge in [-0.05, 0) is 24.3 Å². The fourth-order valence-electron chi connectivity index (χ4n) is 0.702. The molecule has 0 N–H and O–H groups in total. The molecule has 0 spiro atoms. The van der Waals surface area contributed by atoms with Gasteiger partial charge in [-0.3, -0.25) is 9.59 Å². The lowest BCUT2D eigenvalue weighted by Crippen LogP contribution is -2.01. The van der Waals surface area contributed by atoms with E-state index in [2.05, 4.69) is 4.99 Å². The summed E-state index contributed by atoms with van der Waals surface area (Å²) in [5, 5.41) is 0. The number of allylic oxidation sites excluding steroid dienone is 4. The molecule has 1 rings (SSSR count). The van der Waals surface area contributed by atoms with Gasteiger partial charge in [-0.15, -0.1) is 0 Å². The van der Waals surface area contributed by atoms with E-state index in [1.54, 1.807) is 0 Å². The van der Waals surface area contributed by atoms with Crippen LogP contribution in [0.25, 0.3) is 0 Å². The first-order chi connectivity index (χ1) is 5.18. The molecule has 0 heterocycles. The Morgan fingerprint density at radius 3 is 2.27 bits per heavy atom. The molecule has 0 radical (unpaired) electrons. The van der Waals surface area contributed by atoms with E-state index in [9.17, 15) is 9.59 Å². The molecule has 1 amide bonds. The summed E-state index contributed by atoms with van der Waals surface area (Å²) in [7, 11) is 0. The Morgan fingerprint density at radius 1 is 1.27 bits per heavy atom. The smallest absolute Gasteiger partial charge is 0.243 e. The zero-order chi connectivity index (χ0) is 8.27. The van der Waals surface area contributed by atoms with Crippen LogP contribution in [-0.2, 0) is 9.59 Å². The van der Waals surface area contributed by atoms with Crippen LogP contribution >= 0.6 is 0 Å². The van der Waals surface area contributed by atoms with Crippen molar-refractivity contribution in [2.75, 3.05) is 0 Å². The van der Waals surface area contributed by atoms with Crippen LogP contribution in [0.5, 0.6) is 0 Å². The fourth-order valence-corrected chi connectivity index (χ4v) is 0.702. The highest BCUT2D eigenvalue weighted by Gasteiger charge is 1.99. The number of carbonyl (C=O) groups excluding carboxylic acids is 2. The van der Waals surface area contributed by atoms with Crippen molar-refractivity contribution in [3.63, 3.8) is 0 Å². The molecular formula is C8H7NO2. The third-order valence-corrected chi connectivity index (χ3v) is 1.12. The minimum Gasteiger partial charge on any atom is -0.290 e.